The minimum Gasteiger partial charge on any atom is -0.480 e. The first-order valence-electron chi connectivity index (χ1n) is 6.96. The lowest BCUT2D eigenvalue weighted by Crippen LogP contribution is -2.30. The van der Waals surface area contributed by atoms with E-state index in [1.54, 1.807) is 25.1 Å². The van der Waals surface area contributed by atoms with Gasteiger partial charge < -0.3 is 15.2 Å². The molecule has 0 fully saturated rings. The second-order valence-corrected chi connectivity index (χ2v) is 5.68. The zero-order valence-corrected chi connectivity index (χ0v) is 13.9. The molecule has 1 amide bonds. The number of nitrogens with zero attached hydrogens (tertiary/aromatic N) is 1. The highest BCUT2D eigenvalue weighted by atomic mass is 32.2. The number of carbonyl (C=O) groups excluding carboxylic acids is 1. The molecule has 0 aromatic heterocycles. The topological polar surface area (TPSA) is 85.3 Å². The summed E-state index contributed by atoms with van der Waals surface area (Å²) in [5, 5.41) is 9.06. The highest BCUT2D eigenvalue weighted by Gasteiger charge is 2.15. The standard InChI is InChI=1S/C17H15FN2O3S/c1-10(17(20)21)22-15-8-13(4-6-16(15)24-2)23-14-5-3-12(18)7-11(14)9-19/h3-8,10H,1-2H3,(H2,20,21). The van der Waals surface area contributed by atoms with Gasteiger partial charge in [0.1, 0.15) is 29.1 Å². The Balaban J connectivity index is 2.32. The molecule has 124 valence electrons. The van der Waals surface area contributed by atoms with Gasteiger partial charge in [-0.3, -0.25) is 4.79 Å². The van der Waals surface area contributed by atoms with Gasteiger partial charge in [0.05, 0.1) is 5.56 Å². The molecule has 1 unspecified atom stereocenters. The first-order valence-corrected chi connectivity index (χ1v) is 8.18. The Kier molecular flexibility index (Phi) is 5.66. The molecule has 0 aliphatic heterocycles. The molecule has 24 heavy (non-hydrogen) atoms. The van der Waals surface area contributed by atoms with Crippen molar-refractivity contribution in [1.82, 2.24) is 0 Å². The van der Waals surface area contributed by atoms with Gasteiger partial charge in [0.2, 0.25) is 0 Å². The number of hydrogen-bond acceptors (Lipinski definition) is 5. The lowest BCUT2D eigenvalue weighted by molar-refractivity contribution is -0.124. The number of halogens is 1. The average Bonchev–Trinajstić information content (AvgIpc) is 2.56. The highest BCUT2D eigenvalue weighted by molar-refractivity contribution is 7.98. The van der Waals surface area contributed by atoms with Crippen molar-refractivity contribution in [3.8, 4) is 23.3 Å². The van der Waals surface area contributed by atoms with Crippen molar-refractivity contribution < 1.29 is 18.7 Å². The van der Waals surface area contributed by atoms with Crippen molar-refractivity contribution >= 4 is 17.7 Å². The number of nitrogens with two attached hydrogens (primary N) is 1. The van der Waals surface area contributed by atoms with E-state index in [-0.39, 0.29) is 11.3 Å². The molecule has 0 spiro atoms. The maximum Gasteiger partial charge on any atom is 0.258 e. The Morgan fingerprint density at radius 2 is 2.04 bits per heavy atom. The van der Waals surface area contributed by atoms with E-state index >= 15 is 0 Å². The van der Waals surface area contributed by atoms with Crippen molar-refractivity contribution in [3.05, 3.63) is 47.8 Å². The lowest BCUT2D eigenvalue weighted by Gasteiger charge is -2.16. The van der Waals surface area contributed by atoms with Crippen molar-refractivity contribution in [2.24, 2.45) is 5.73 Å². The van der Waals surface area contributed by atoms with E-state index in [0.717, 1.165) is 11.0 Å². The first-order chi connectivity index (χ1) is 11.4. The van der Waals surface area contributed by atoms with Crippen LogP contribution in [-0.4, -0.2) is 18.3 Å². The van der Waals surface area contributed by atoms with Crippen LogP contribution in [0.2, 0.25) is 0 Å². The minimum absolute atomic E-state index is 0.0805. The van der Waals surface area contributed by atoms with Crippen LogP contribution in [-0.2, 0) is 4.79 Å². The van der Waals surface area contributed by atoms with Crippen LogP contribution in [0, 0.1) is 17.1 Å². The fourth-order valence-corrected chi connectivity index (χ4v) is 2.38. The summed E-state index contributed by atoms with van der Waals surface area (Å²) in [6.45, 7) is 1.55. The molecule has 0 aliphatic carbocycles. The van der Waals surface area contributed by atoms with E-state index in [2.05, 4.69) is 0 Å². The van der Waals surface area contributed by atoms with Gasteiger partial charge in [-0.2, -0.15) is 5.26 Å². The molecular formula is C17H15FN2O3S. The Morgan fingerprint density at radius 1 is 1.29 bits per heavy atom. The number of ether oxygens (including phenoxy) is 2. The van der Waals surface area contributed by atoms with Gasteiger partial charge in [-0.05, 0) is 43.5 Å². The van der Waals surface area contributed by atoms with Crippen molar-refractivity contribution in [1.29, 1.82) is 5.26 Å². The predicted octanol–water partition coefficient (Wildman–Crippen LogP) is 3.46. The molecule has 5 nitrogen and oxygen atoms in total. The molecule has 7 heteroatoms. The van der Waals surface area contributed by atoms with Crippen LogP contribution in [0.15, 0.2) is 41.3 Å². The number of hydrogen-bond donors (Lipinski definition) is 1. The molecule has 0 heterocycles. The normalized spacial score (nSPS) is 11.4. The van der Waals surface area contributed by atoms with Crippen LogP contribution in [0.3, 0.4) is 0 Å². The molecule has 0 radical (unpaired) electrons. The second-order valence-electron chi connectivity index (χ2n) is 4.83. The average molecular weight is 346 g/mol. The predicted molar refractivity (Wildman–Crippen MR) is 88.7 cm³/mol. The van der Waals surface area contributed by atoms with Gasteiger partial charge in [-0.15, -0.1) is 11.8 Å². The van der Waals surface area contributed by atoms with Crippen LogP contribution in [0.5, 0.6) is 17.2 Å². The molecule has 0 aliphatic rings. The smallest absolute Gasteiger partial charge is 0.258 e. The molecule has 0 bridgehead atoms. The molecule has 0 saturated carbocycles. The number of amides is 1. The third kappa shape index (κ3) is 4.18. The van der Waals surface area contributed by atoms with Crippen LogP contribution in [0.25, 0.3) is 0 Å². The fourth-order valence-electron chi connectivity index (χ4n) is 1.87. The molecule has 0 saturated heterocycles. The zero-order chi connectivity index (χ0) is 17.7. The largest absolute Gasteiger partial charge is 0.480 e. The van der Waals surface area contributed by atoms with Gasteiger partial charge in [-0.25, -0.2) is 4.39 Å². The first kappa shape index (κ1) is 17.6. The van der Waals surface area contributed by atoms with Crippen molar-refractivity contribution in [2.45, 2.75) is 17.9 Å². The Labute approximate surface area is 143 Å². The van der Waals surface area contributed by atoms with Gasteiger partial charge in [-0.1, -0.05) is 0 Å². The SMILES string of the molecule is CSc1ccc(Oc2ccc(F)cc2C#N)cc1OC(C)C(N)=O. The zero-order valence-electron chi connectivity index (χ0n) is 13.1. The molecule has 2 aromatic carbocycles. The Hall–Kier alpha value is -2.72. The van der Waals surface area contributed by atoms with Crippen molar-refractivity contribution in [3.63, 3.8) is 0 Å². The monoisotopic (exact) mass is 346 g/mol. The lowest BCUT2D eigenvalue weighted by atomic mass is 10.2. The fraction of sp³-hybridized carbons (Fsp3) is 0.176. The third-order valence-corrected chi connectivity index (χ3v) is 3.91. The number of rotatable bonds is 6. The number of thioether (sulfide) groups is 1. The summed E-state index contributed by atoms with van der Waals surface area (Å²) >= 11 is 1.44. The summed E-state index contributed by atoms with van der Waals surface area (Å²) < 4.78 is 24.4. The van der Waals surface area contributed by atoms with E-state index in [9.17, 15) is 9.18 Å². The summed E-state index contributed by atoms with van der Waals surface area (Å²) in [7, 11) is 0. The molecule has 2 rings (SSSR count). The minimum atomic E-state index is -0.799. The second kappa shape index (κ2) is 7.70. The number of primary amides is 1. The van der Waals surface area contributed by atoms with Crippen LogP contribution in [0.4, 0.5) is 4.39 Å². The maximum atomic E-state index is 13.2. The van der Waals surface area contributed by atoms with E-state index in [0.29, 0.717) is 11.5 Å². The summed E-state index contributed by atoms with van der Waals surface area (Å²) in [5.41, 5.74) is 5.30. The van der Waals surface area contributed by atoms with E-state index in [1.165, 1.54) is 23.9 Å². The van der Waals surface area contributed by atoms with Gasteiger partial charge in [0, 0.05) is 11.0 Å². The highest BCUT2D eigenvalue weighted by Crippen LogP contribution is 2.34. The van der Waals surface area contributed by atoms with Crippen LogP contribution in [0.1, 0.15) is 12.5 Å². The van der Waals surface area contributed by atoms with Crippen LogP contribution < -0.4 is 15.2 Å². The molecular weight excluding hydrogens is 331 g/mol. The maximum absolute atomic E-state index is 13.2. The van der Waals surface area contributed by atoms with E-state index in [1.807, 2.05) is 12.3 Å². The van der Waals surface area contributed by atoms with E-state index < -0.39 is 17.8 Å². The van der Waals surface area contributed by atoms with Crippen LogP contribution >= 0.6 is 11.8 Å². The number of nitriles is 1. The molecule has 1 atom stereocenters. The van der Waals surface area contributed by atoms with Crippen molar-refractivity contribution in [2.75, 3.05) is 6.26 Å². The Morgan fingerprint density at radius 3 is 2.67 bits per heavy atom. The third-order valence-electron chi connectivity index (χ3n) is 3.13. The molecule has 2 N–H and O–H groups in total. The quantitative estimate of drug-likeness (QED) is 0.810. The Bertz CT molecular complexity index is 805. The number of benzene rings is 2. The summed E-state index contributed by atoms with van der Waals surface area (Å²) in [6, 6.07) is 10.6. The van der Waals surface area contributed by atoms with Gasteiger partial charge in [0.25, 0.3) is 5.91 Å². The summed E-state index contributed by atoms with van der Waals surface area (Å²) in [5.74, 6) is -0.0474. The number of carbonyl (C=O) groups is 1. The summed E-state index contributed by atoms with van der Waals surface area (Å²) in [4.78, 5) is 12.0. The van der Waals surface area contributed by atoms with Gasteiger partial charge >= 0.3 is 0 Å². The summed E-state index contributed by atoms with van der Waals surface area (Å²) in [6.07, 6.45) is 1.07. The van der Waals surface area contributed by atoms with Gasteiger partial charge in [0.15, 0.2) is 6.10 Å². The molecule has 2 aromatic rings. The van der Waals surface area contributed by atoms with E-state index in [4.69, 9.17) is 20.5 Å².